The minimum atomic E-state index is -3.40. The molecule has 7 heteroatoms. The van der Waals surface area contributed by atoms with Crippen LogP contribution in [0.5, 0.6) is 0 Å². The molecule has 0 aliphatic heterocycles. The summed E-state index contributed by atoms with van der Waals surface area (Å²) >= 11 is 4.77. The predicted molar refractivity (Wildman–Crippen MR) is 84.0 cm³/mol. The van der Waals surface area contributed by atoms with Gasteiger partial charge in [-0.05, 0) is 47.8 Å². The first-order chi connectivity index (χ1) is 8.86. The zero-order valence-corrected chi connectivity index (χ0v) is 14.7. The molecule has 0 amide bonds. The summed E-state index contributed by atoms with van der Waals surface area (Å²) in [5, 5.41) is 3.02. The van der Waals surface area contributed by atoms with Gasteiger partial charge in [0.05, 0.1) is 3.79 Å². The van der Waals surface area contributed by atoms with Gasteiger partial charge in [-0.3, -0.25) is 0 Å². The molecule has 0 bridgehead atoms. The van der Waals surface area contributed by atoms with Crippen LogP contribution in [0, 0.1) is 5.92 Å². The third-order valence-corrected chi connectivity index (χ3v) is 6.31. The summed E-state index contributed by atoms with van der Waals surface area (Å²) in [6.45, 7) is 5.43. The highest BCUT2D eigenvalue weighted by molar-refractivity contribution is 9.11. The van der Waals surface area contributed by atoms with Gasteiger partial charge in [0.15, 0.2) is 0 Å². The fourth-order valence-corrected chi connectivity index (χ4v) is 5.40. The Morgan fingerprint density at radius 1 is 1.42 bits per heavy atom. The zero-order chi connectivity index (χ0) is 14.5. The second-order valence-electron chi connectivity index (χ2n) is 4.81. The van der Waals surface area contributed by atoms with Crippen LogP contribution in [0.2, 0.25) is 0 Å². The Hall–Kier alpha value is 0.0500. The van der Waals surface area contributed by atoms with E-state index in [1.165, 1.54) is 11.3 Å². The minimum Gasteiger partial charge on any atom is -0.315 e. The van der Waals surface area contributed by atoms with E-state index in [1.807, 2.05) is 7.05 Å². The van der Waals surface area contributed by atoms with Crippen molar-refractivity contribution in [2.24, 2.45) is 5.92 Å². The lowest BCUT2D eigenvalue weighted by atomic mass is 10.1. The maximum atomic E-state index is 12.2. The molecule has 0 atom stereocenters. The lowest BCUT2D eigenvalue weighted by Gasteiger charge is -2.07. The van der Waals surface area contributed by atoms with Gasteiger partial charge in [0.2, 0.25) is 10.0 Å². The Morgan fingerprint density at radius 3 is 2.68 bits per heavy atom. The summed E-state index contributed by atoms with van der Waals surface area (Å²) in [5.74, 6) is 0.597. The predicted octanol–water partition coefficient (Wildman–Crippen LogP) is 2.94. The van der Waals surface area contributed by atoms with Crippen LogP contribution in [0.4, 0.5) is 0 Å². The maximum absolute atomic E-state index is 12.2. The van der Waals surface area contributed by atoms with E-state index in [4.69, 9.17) is 0 Å². The fraction of sp³-hybridized carbons (Fsp3) is 0.667. The van der Waals surface area contributed by atoms with Gasteiger partial charge >= 0.3 is 0 Å². The average Bonchev–Trinajstić information content (AvgIpc) is 2.67. The summed E-state index contributed by atoms with van der Waals surface area (Å²) in [4.78, 5) is 1.34. The number of hydrogen-bond acceptors (Lipinski definition) is 4. The van der Waals surface area contributed by atoms with Crippen LogP contribution in [0.15, 0.2) is 14.7 Å². The first-order valence-corrected chi connectivity index (χ1v) is 9.38. The van der Waals surface area contributed by atoms with Crippen LogP contribution in [-0.4, -0.2) is 22.0 Å². The Balaban J connectivity index is 2.66. The topological polar surface area (TPSA) is 58.2 Å². The molecule has 19 heavy (non-hydrogen) atoms. The van der Waals surface area contributed by atoms with Crippen molar-refractivity contribution in [3.63, 3.8) is 0 Å². The third kappa shape index (κ3) is 5.51. The summed E-state index contributed by atoms with van der Waals surface area (Å²) in [6, 6.07) is 1.72. The first kappa shape index (κ1) is 17.1. The van der Waals surface area contributed by atoms with E-state index in [0.29, 0.717) is 27.7 Å². The van der Waals surface area contributed by atoms with E-state index < -0.39 is 10.0 Å². The lowest BCUT2D eigenvalue weighted by molar-refractivity contribution is 0.540. The van der Waals surface area contributed by atoms with Crippen molar-refractivity contribution in [2.45, 2.75) is 38.1 Å². The second-order valence-corrected chi connectivity index (χ2v) is 9.00. The van der Waals surface area contributed by atoms with E-state index in [1.54, 1.807) is 6.07 Å². The van der Waals surface area contributed by atoms with Gasteiger partial charge in [-0.15, -0.1) is 11.3 Å². The SMILES string of the molecule is CNCc1cc(S(=O)(=O)NCCCC(C)C)c(Br)s1. The van der Waals surface area contributed by atoms with Gasteiger partial charge in [0.25, 0.3) is 0 Å². The van der Waals surface area contributed by atoms with E-state index in [-0.39, 0.29) is 0 Å². The second kappa shape index (κ2) is 7.73. The molecule has 1 aromatic rings. The van der Waals surface area contributed by atoms with Gasteiger partial charge in [-0.2, -0.15) is 0 Å². The van der Waals surface area contributed by atoms with Crippen LogP contribution >= 0.6 is 27.3 Å². The van der Waals surface area contributed by atoms with Crippen molar-refractivity contribution >= 4 is 37.3 Å². The molecule has 0 aliphatic rings. The normalized spacial score (nSPS) is 12.3. The Bertz CT molecular complexity index is 498. The molecule has 0 fully saturated rings. The number of rotatable bonds is 8. The summed E-state index contributed by atoms with van der Waals surface area (Å²) in [5.41, 5.74) is 0. The van der Waals surface area contributed by atoms with Gasteiger partial charge in [0.1, 0.15) is 4.90 Å². The molecule has 2 N–H and O–H groups in total. The van der Waals surface area contributed by atoms with E-state index in [2.05, 4.69) is 39.8 Å². The highest BCUT2D eigenvalue weighted by Gasteiger charge is 2.20. The van der Waals surface area contributed by atoms with Crippen molar-refractivity contribution in [3.05, 3.63) is 14.7 Å². The quantitative estimate of drug-likeness (QED) is 0.693. The van der Waals surface area contributed by atoms with Crippen LogP contribution in [0.25, 0.3) is 0 Å². The summed E-state index contributed by atoms with van der Waals surface area (Å²) < 4.78 is 27.6. The molecule has 0 unspecified atom stereocenters. The molecule has 0 radical (unpaired) electrons. The van der Waals surface area contributed by atoms with E-state index >= 15 is 0 Å². The molecule has 0 spiro atoms. The smallest absolute Gasteiger partial charge is 0.242 e. The van der Waals surface area contributed by atoms with Gasteiger partial charge in [0, 0.05) is 18.0 Å². The molecular formula is C12H21BrN2O2S2. The van der Waals surface area contributed by atoms with Crippen LogP contribution < -0.4 is 10.0 Å². The molecular weight excluding hydrogens is 348 g/mol. The summed E-state index contributed by atoms with van der Waals surface area (Å²) in [7, 11) is -1.56. The first-order valence-electron chi connectivity index (χ1n) is 6.29. The molecule has 0 saturated heterocycles. The van der Waals surface area contributed by atoms with E-state index in [0.717, 1.165) is 17.7 Å². The van der Waals surface area contributed by atoms with Gasteiger partial charge < -0.3 is 5.32 Å². The molecule has 1 heterocycles. The molecule has 110 valence electrons. The van der Waals surface area contributed by atoms with Crippen molar-refractivity contribution < 1.29 is 8.42 Å². The molecule has 0 aliphatic carbocycles. The average molecular weight is 369 g/mol. The summed E-state index contributed by atoms with van der Waals surface area (Å²) in [6.07, 6.45) is 1.89. The maximum Gasteiger partial charge on any atom is 0.242 e. The highest BCUT2D eigenvalue weighted by atomic mass is 79.9. The third-order valence-electron chi connectivity index (χ3n) is 2.60. The van der Waals surface area contributed by atoms with E-state index in [9.17, 15) is 8.42 Å². The van der Waals surface area contributed by atoms with Gasteiger partial charge in [-0.1, -0.05) is 13.8 Å². The number of nitrogens with one attached hydrogen (secondary N) is 2. The van der Waals surface area contributed by atoms with Crippen molar-refractivity contribution in [1.29, 1.82) is 0 Å². The molecule has 0 saturated carbocycles. The molecule has 1 rings (SSSR count). The fourth-order valence-electron chi connectivity index (χ4n) is 1.64. The monoisotopic (exact) mass is 368 g/mol. The number of sulfonamides is 1. The van der Waals surface area contributed by atoms with Crippen molar-refractivity contribution in [3.8, 4) is 0 Å². The number of thiophene rings is 1. The highest BCUT2D eigenvalue weighted by Crippen LogP contribution is 2.31. The molecule has 4 nitrogen and oxygen atoms in total. The minimum absolute atomic E-state index is 0.340. The van der Waals surface area contributed by atoms with Crippen molar-refractivity contribution in [2.75, 3.05) is 13.6 Å². The van der Waals surface area contributed by atoms with Crippen molar-refractivity contribution in [1.82, 2.24) is 10.0 Å². The zero-order valence-electron chi connectivity index (χ0n) is 11.5. The van der Waals surface area contributed by atoms with Gasteiger partial charge in [-0.25, -0.2) is 13.1 Å². The number of hydrogen-bond donors (Lipinski definition) is 2. The molecule has 0 aromatic carbocycles. The largest absolute Gasteiger partial charge is 0.315 e. The number of halogens is 1. The van der Waals surface area contributed by atoms with Crippen LogP contribution in [0.3, 0.4) is 0 Å². The standard InChI is InChI=1S/C12H21BrN2O2S2/c1-9(2)5-4-6-15-19(16,17)11-7-10(8-14-3)18-12(11)13/h7,9,14-15H,4-6,8H2,1-3H3. The van der Waals surface area contributed by atoms with Crippen LogP contribution in [-0.2, 0) is 16.6 Å². The molecule has 1 aromatic heterocycles. The van der Waals surface area contributed by atoms with Crippen LogP contribution in [0.1, 0.15) is 31.6 Å². The Labute approximate surface area is 128 Å². The lowest BCUT2D eigenvalue weighted by Crippen LogP contribution is -2.25. The Morgan fingerprint density at radius 2 is 2.11 bits per heavy atom. The Kier molecular flexibility index (Phi) is 6.96.